The maximum absolute atomic E-state index is 12.8. The molecule has 22 heavy (non-hydrogen) atoms. The Hall–Kier alpha value is -0.870. The van der Waals surface area contributed by atoms with Crippen LogP contribution >= 0.6 is 15.9 Å². The van der Waals surface area contributed by atoms with Crippen molar-refractivity contribution in [1.82, 2.24) is 9.80 Å². The fourth-order valence-electron chi connectivity index (χ4n) is 3.12. The van der Waals surface area contributed by atoms with E-state index >= 15 is 0 Å². The van der Waals surface area contributed by atoms with Gasteiger partial charge in [-0.1, -0.05) is 36.7 Å². The summed E-state index contributed by atoms with van der Waals surface area (Å²) in [4.78, 5) is 17.2. The zero-order valence-corrected chi connectivity index (χ0v) is 15.7. The highest BCUT2D eigenvalue weighted by atomic mass is 79.9. The van der Waals surface area contributed by atoms with Gasteiger partial charge in [-0.2, -0.15) is 0 Å². The minimum absolute atomic E-state index is 0.0579. The smallest absolute Gasteiger partial charge is 0.253 e. The van der Waals surface area contributed by atoms with Crippen LogP contribution in [0.25, 0.3) is 0 Å². The summed E-state index contributed by atoms with van der Waals surface area (Å²) in [5.74, 6) is 0.103. The third kappa shape index (κ3) is 4.32. The molecule has 0 aromatic heterocycles. The summed E-state index contributed by atoms with van der Waals surface area (Å²) >= 11 is 3.42. The van der Waals surface area contributed by atoms with Gasteiger partial charge in [-0.15, -0.1) is 0 Å². The molecule has 1 amide bonds. The van der Waals surface area contributed by atoms with Gasteiger partial charge < -0.3 is 9.80 Å². The van der Waals surface area contributed by atoms with Gasteiger partial charge in [0.05, 0.1) is 0 Å². The average Bonchev–Trinajstić information content (AvgIpc) is 2.96. The molecule has 0 N–H and O–H groups in total. The molecule has 0 bridgehead atoms. The van der Waals surface area contributed by atoms with Crippen LogP contribution in [0.2, 0.25) is 0 Å². The summed E-state index contributed by atoms with van der Waals surface area (Å²) in [6.07, 6.45) is 2.56. The molecule has 1 aromatic rings. The Labute approximate surface area is 142 Å². The van der Waals surface area contributed by atoms with E-state index in [0.29, 0.717) is 0 Å². The Bertz CT molecular complexity index is 501. The zero-order valence-electron chi connectivity index (χ0n) is 14.1. The van der Waals surface area contributed by atoms with Gasteiger partial charge in [0.1, 0.15) is 0 Å². The maximum atomic E-state index is 12.8. The fraction of sp³-hybridized carbons (Fsp3) is 0.611. The zero-order chi connectivity index (χ0) is 16.3. The van der Waals surface area contributed by atoms with Crippen LogP contribution in [0.15, 0.2) is 28.7 Å². The molecule has 0 saturated carbocycles. The highest BCUT2D eigenvalue weighted by molar-refractivity contribution is 9.10. The van der Waals surface area contributed by atoms with Crippen LogP contribution in [0.3, 0.4) is 0 Å². The third-order valence-corrected chi connectivity index (χ3v) is 5.04. The molecule has 122 valence electrons. The van der Waals surface area contributed by atoms with Crippen molar-refractivity contribution in [3.8, 4) is 0 Å². The van der Waals surface area contributed by atoms with E-state index in [0.717, 1.165) is 29.7 Å². The van der Waals surface area contributed by atoms with E-state index in [2.05, 4.69) is 41.6 Å². The molecule has 1 aromatic carbocycles. The molecule has 1 aliphatic rings. The van der Waals surface area contributed by atoms with Crippen molar-refractivity contribution in [2.24, 2.45) is 5.41 Å². The summed E-state index contributed by atoms with van der Waals surface area (Å²) in [5.41, 5.74) is 0.809. The molecule has 0 unspecified atom stereocenters. The lowest BCUT2D eigenvalue weighted by Crippen LogP contribution is -2.51. The Morgan fingerprint density at radius 2 is 1.77 bits per heavy atom. The van der Waals surface area contributed by atoms with E-state index in [1.54, 1.807) is 0 Å². The van der Waals surface area contributed by atoms with Gasteiger partial charge in [0.2, 0.25) is 0 Å². The van der Waals surface area contributed by atoms with E-state index in [9.17, 15) is 4.79 Å². The van der Waals surface area contributed by atoms with Gasteiger partial charge in [0.15, 0.2) is 0 Å². The Balaban J connectivity index is 2.14. The number of amides is 1. The second-order valence-electron chi connectivity index (χ2n) is 7.31. The lowest BCUT2D eigenvalue weighted by Gasteiger charge is -2.40. The highest BCUT2D eigenvalue weighted by Crippen LogP contribution is 2.27. The van der Waals surface area contributed by atoms with Gasteiger partial charge in [-0.05, 0) is 55.6 Å². The Kier molecular flexibility index (Phi) is 5.67. The van der Waals surface area contributed by atoms with Crippen molar-refractivity contribution in [1.29, 1.82) is 0 Å². The molecule has 0 spiro atoms. The lowest BCUT2D eigenvalue weighted by molar-refractivity contribution is 0.0519. The number of nitrogens with zero attached hydrogens (tertiary/aromatic N) is 2. The number of rotatable bonds is 4. The molecule has 1 atom stereocenters. The van der Waals surface area contributed by atoms with Crippen LogP contribution < -0.4 is 0 Å². The van der Waals surface area contributed by atoms with Crippen LogP contribution in [0, 0.1) is 5.41 Å². The van der Waals surface area contributed by atoms with Crippen molar-refractivity contribution < 1.29 is 4.79 Å². The average molecular weight is 367 g/mol. The van der Waals surface area contributed by atoms with Crippen LogP contribution in [0.4, 0.5) is 0 Å². The quantitative estimate of drug-likeness (QED) is 0.802. The number of carbonyl (C=O) groups is 1. The molecule has 3 nitrogen and oxygen atoms in total. The minimum Gasteiger partial charge on any atom is -0.337 e. The Morgan fingerprint density at radius 1 is 1.23 bits per heavy atom. The number of carbonyl (C=O) groups excluding carboxylic acids is 1. The molecule has 4 heteroatoms. The molecular weight excluding hydrogens is 340 g/mol. The van der Waals surface area contributed by atoms with Crippen LogP contribution in [0.1, 0.15) is 44.0 Å². The first-order valence-electron chi connectivity index (χ1n) is 8.04. The first kappa shape index (κ1) is 17.5. The summed E-state index contributed by atoms with van der Waals surface area (Å²) < 4.78 is 0.996. The highest BCUT2D eigenvalue weighted by Gasteiger charge is 2.33. The van der Waals surface area contributed by atoms with E-state index in [1.165, 1.54) is 12.8 Å². The standard InChI is InChI=1S/C18H27BrN2O/c1-18(2,3)16(13-21-11-5-6-12-21)20(4)17(22)14-7-9-15(19)10-8-14/h7-10,16H,5-6,11-13H2,1-4H3/t16-/m1/s1. The number of hydrogen-bond donors (Lipinski definition) is 0. The van der Waals surface area contributed by atoms with Crippen molar-refractivity contribution in [2.75, 3.05) is 26.7 Å². The molecule has 1 fully saturated rings. The van der Waals surface area contributed by atoms with Crippen molar-refractivity contribution in [2.45, 2.75) is 39.7 Å². The van der Waals surface area contributed by atoms with Crippen LogP contribution in [-0.4, -0.2) is 48.4 Å². The molecule has 1 saturated heterocycles. The van der Waals surface area contributed by atoms with E-state index < -0.39 is 0 Å². The number of benzene rings is 1. The third-order valence-electron chi connectivity index (χ3n) is 4.51. The molecular formula is C18H27BrN2O. The van der Waals surface area contributed by atoms with Gasteiger partial charge in [-0.3, -0.25) is 4.79 Å². The molecule has 0 radical (unpaired) electrons. The van der Waals surface area contributed by atoms with Gasteiger partial charge in [-0.25, -0.2) is 0 Å². The summed E-state index contributed by atoms with van der Waals surface area (Å²) in [6.45, 7) is 9.94. The van der Waals surface area contributed by atoms with Crippen molar-refractivity contribution in [3.63, 3.8) is 0 Å². The maximum Gasteiger partial charge on any atom is 0.253 e. The fourth-order valence-corrected chi connectivity index (χ4v) is 3.39. The second kappa shape index (κ2) is 7.14. The van der Waals surface area contributed by atoms with E-state index in [-0.39, 0.29) is 17.4 Å². The topological polar surface area (TPSA) is 23.6 Å². The minimum atomic E-state index is 0.0579. The van der Waals surface area contributed by atoms with Crippen molar-refractivity contribution >= 4 is 21.8 Å². The van der Waals surface area contributed by atoms with Crippen molar-refractivity contribution in [3.05, 3.63) is 34.3 Å². The van der Waals surface area contributed by atoms with Gasteiger partial charge in [0.25, 0.3) is 5.91 Å². The second-order valence-corrected chi connectivity index (χ2v) is 8.23. The number of likely N-dealkylation sites (N-methyl/N-ethyl adjacent to an activating group) is 1. The molecule has 0 aliphatic carbocycles. The first-order chi connectivity index (χ1) is 10.3. The first-order valence-corrected chi connectivity index (χ1v) is 8.83. The SMILES string of the molecule is CN(C(=O)c1ccc(Br)cc1)[C@H](CN1CCCC1)C(C)(C)C. The molecule has 1 aliphatic heterocycles. The number of halogens is 1. The van der Waals surface area contributed by atoms with Gasteiger partial charge in [0, 0.05) is 29.7 Å². The van der Waals surface area contributed by atoms with E-state index in [4.69, 9.17) is 0 Å². The van der Waals surface area contributed by atoms with Crippen LogP contribution in [0.5, 0.6) is 0 Å². The summed E-state index contributed by atoms with van der Waals surface area (Å²) in [6, 6.07) is 7.83. The predicted octanol–water partition coefficient (Wildman–Crippen LogP) is 4.03. The number of likely N-dealkylation sites (tertiary alicyclic amines) is 1. The molecule has 1 heterocycles. The predicted molar refractivity (Wildman–Crippen MR) is 95.2 cm³/mol. The van der Waals surface area contributed by atoms with Crippen LogP contribution in [-0.2, 0) is 0 Å². The summed E-state index contributed by atoms with van der Waals surface area (Å²) in [5, 5.41) is 0. The van der Waals surface area contributed by atoms with E-state index in [1.807, 2.05) is 36.2 Å². The Morgan fingerprint density at radius 3 is 2.27 bits per heavy atom. The summed E-state index contributed by atoms with van der Waals surface area (Å²) in [7, 11) is 1.94. The lowest BCUT2D eigenvalue weighted by atomic mass is 9.85. The molecule has 2 rings (SSSR count). The number of hydrogen-bond acceptors (Lipinski definition) is 2. The monoisotopic (exact) mass is 366 g/mol. The van der Waals surface area contributed by atoms with Gasteiger partial charge >= 0.3 is 0 Å². The normalized spacial score (nSPS) is 17.5. The largest absolute Gasteiger partial charge is 0.337 e.